The zero-order valence-electron chi connectivity index (χ0n) is 13.1. The molecule has 0 aliphatic heterocycles. The second kappa shape index (κ2) is 8.47. The van der Waals surface area contributed by atoms with E-state index >= 15 is 0 Å². The molecule has 1 amide bonds. The minimum absolute atomic E-state index is 0.146. The maximum Gasteiger partial charge on any atom is 0.331 e. The van der Waals surface area contributed by atoms with Crippen LogP contribution in [0.15, 0.2) is 54.6 Å². The molecule has 2 aromatic carbocycles. The number of ether oxygens (including phenoxy) is 1. The lowest BCUT2D eigenvalue weighted by molar-refractivity contribution is -0.148. The highest BCUT2D eigenvalue weighted by Crippen LogP contribution is 2.18. The first-order valence-corrected chi connectivity index (χ1v) is 7.86. The summed E-state index contributed by atoms with van der Waals surface area (Å²) in [6, 6.07) is 13.6. The van der Waals surface area contributed by atoms with Gasteiger partial charge in [0.25, 0.3) is 5.91 Å². The van der Waals surface area contributed by atoms with Gasteiger partial charge in [-0.1, -0.05) is 41.9 Å². The molecule has 0 spiro atoms. The van der Waals surface area contributed by atoms with E-state index in [1.807, 2.05) is 0 Å². The standard InChI is InChI=1S/C18H18ClNO4/c1-2-24-18(23)15(16(21)12-6-4-3-5-7-12)20-17(22)13-8-10-14(19)11-9-13/h3-11,15-16,21H,2H2,1H3,(H,20,22). The van der Waals surface area contributed by atoms with Crippen molar-refractivity contribution in [2.45, 2.75) is 19.1 Å². The van der Waals surface area contributed by atoms with Gasteiger partial charge in [-0.3, -0.25) is 4.79 Å². The van der Waals surface area contributed by atoms with Crippen molar-refractivity contribution in [1.29, 1.82) is 0 Å². The van der Waals surface area contributed by atoms with Gasteiger partial charge < -0.3 is 15.2 Å². The fraction of sp³-hybridized carbons (Fsp3) is 0.222. The van der Waals surface area contributed by atoms with Gasteiger partial charge in [-0.15, -0.1) is 0 Å². The van der Waals surface area contributed by atoms with Crippen molar-refractivity contribution >= 4 is 23.5 Å². The average Bonchev–Trinajstić information content (AvgIpc) is 2.60. The Kier molecular flexibility index (Phi) is 6.35. The van der Waals surface area contributed by atoms with Crippen molar-refractivity contribution in [3.63, 3.8) is 0 Å². The lowest BCUT2D eigenvalue weighted by atomic mass is 10.0. The summed E-state index contributed by atoms with van der Waals surface area (Å²) in [7, 11) is 0. The van der Waals surface area contributed by atoms with Gasteiger partial charge in [-0.2, -0.15) is 0 Å². The van der Waals surface area contributed by atoms with Gasteiger partial charge in [0.05, 0.1) is 6.61 Å². The molecule has 0 heterocycles. The smallest absolute Gasteiger partial charge is 0.331 e. The van der Waals surface area contributed by atoms with E-state index in [-0.39, 0.29) is 6.61 Å². The number of benzene rings is 2. The van der Waals surface area contributed by atoms with E-state index in [0.717, 1.165) is 0 Å². The molecule has 24 heavy (non-hydrogen) atoms. The first-order chi connectivity index (χ1) is 11.5. The van der Waals surface area contributed by atoms with Crippen molar-refractivity contribution in [2.24, 2.45) is 0 Å². The van der Waals surface area contributed by atoms with Crippen molar-refractivity contribution < 1.29 is 19.4 Å². The molecule has 2 aromatic rings. The molecule has 0 fully saturated rings. The molecule has 0 saturated carbocycles. The zero-order chi connectivity index (χ0) is 17.5. The highest BCUT2D eigenvalue weighted by molar-refractivity contribution is 6.30. The van der Waals surface area contributed by atoms with Crippen LogP contribution in [0.3, 0.4) is 0 Å². The van der Waals surface area contributed by atoms with E-state index in [9.17, 15) is 14.7 Å². The summed E-state index contributed by atoms with van der Waals surface area (Å²) in [6.45, 7) is 1.80. The number of carbonyl (C=O) groups excluding carboxylic acids is 2. The first-order valence-electron chi connectivity index (χ1n) is 7.49. The second-order valence-corrected chi connectivity index (χ2v) is 5.50. The Balaban J connectivity index is 2.21. The molecule has 0 radical (unpaired) electrons. The van der Waals surface area contributed by atoms with Gasteiger partial charge in [0, 0.05) is 10.6 Å². The van der Waals surface area contributed by atoms with Crippen LogP contribution in [0, 0.1) is 0 Å². The summed E-state index contributed by atoms with van der Waals surface area (Å²) in [6.07, 6.45) is -1.22. The van der Waals surface area contributed by atoms with Gasteiger partial charge in [0.1, 0.15) is 6.10 Å². The predicted molar refractivity (Wildman–Crippen MR) is 90.7 cm³/mol. The Morgan fingerprint density at radius 3 is 2.33 bits per heavy atom. The fourth-order valence-corrected chi connectivity index (χ4v) is 2.29. The van der Waals surface area contributed by atoms with Crippen LogP contribution in [-0.2, 0) is 9.53 Å². The number of amides is 1. The normalized spacial score (nSPS) is 13.0. The van der Waals surface area contributed by atoms with Crippen LogP contribution in [0.5, 0.6) is 0 Å². The zero-order valence-corrected chi connectivity index (χ0v) is 13.9. The predicted octanol–water partition coefficient (Wildman–Crippen LogP) is 2.74. The topological polar surface area (TPSA) is 75.6 Å². The SMILES string of the molecule is CCOC(=O)C(NC(=O)c1ccc(Cl)cc1)C(O)c1ccccc1. The molecule has 2 unspecified atom stereocenters. The third-order valence-corrected chi connectivity index (χ3v) is 3.64. The summed E-state index contributed by atoms with van der Waals surface area (Å²) < 4.78 is 4.97. The van der Waals surface area contributed by atoms with Gasteiger partial charge in [-0.05, 0) is 36.8 Å². The molecule has 2 rings (SSSR count). The lowest BCUT2D eigenvalue weighted by Crippen LogP contribution is -2.46. The third-order valence-electron chi connectivity index (χ3n) is 3.39. The lowest BCUT2D eigenvalue weighted by Gasteiger charge is -2.23. The van der Waals surface area contributed by atoms with Gasteiger partial charge in [0.2, 0.25) is 0 Å². The number of rotatable bonds is 6. The number of nitrogens with one attached hydrogen (secondary N) is 1. The highest BCUT2D eigenvalue weighted by atomic mass is 35.5. The fourth-order valence-electron chi connectivity index (χ4n) is 2.17. The molecule has 2 N–H and O–H groups in total. The van der Waals surface area contributed by atoms with Crippen molar-refractivity contribution in [3.8, 4) is 0 Å². The number of hydrogen-bond donors (Lipinski definition) is 2. The van der Waals surface area contributed by atoms with E-state index in [1.165, 1.54) is 12.1 Å². The number of hydrogen-bond acceptors (Lipinski definition) is 4. The van der Waals surface area contributed by atoms with E-state index in [1.54, 1.807) is 49.4 Å². The Morgan fingerprint density at radius 1 is 1.12 bits per heavy atom. The van der Waals surface area contributed by atoms with Crippen molar-refractivity contribution in [3.05, 3.63) is 70.7 Å². The van der Waals surface area contributed by atoms with Gasteiger partial charge in [-0.25, -0.2) is 4.79 Å². The van der Waals surface area contributed by atoms with E-state index in [4.69, 9.17) is 16.3 Å². The van der Waals surface area contributed by atoms with Crippen LogP contribution in [-0.4, -0.2) is 29.6 Å². The van der Waals surface area contributed by atoms with Crippen molar-refractivity contribution in [2.75, 3.05) is 6.61 Å². The van der Waals surface area contributed by atoms with Crippen LogP contribution >= 0.6 is 11.6 Å². The number of aliphatic hydroxyl groups is 1. The maximum atomic E-state index is 12.3. The van der Waals surface area contributed by atoms with Crippen LogP contribution in [0.25, 0.3) is 0 Å². The third kappa shape index (κ3) is 4.57. The van der Waals surface area contributed by atoms with Crippen molar-refractivity contribution in [1.82, 2.24) is 5.32 Å². The molecule has 0 bridgehead atoms. The summed E-state index contributed by atoms with van der Waals surface area (Å²) in [5.41, 5.74) is 0.834. The van der Waals surface area contributed by atoms with E-state index < -0.39 is 24.0 Å². The molecule has 2 atom stereocenters. The molecular weight excluding hydrogens is 330 g/mol. The Hall–Kier alpha value is -2.37. The molecule has 5 nitrogen and oxygen atoms in total. The van der Waals surface area contributed by atoms with Gasteiger partial charge in [0.15, 0.2) is 6.04 Å². The summed E-state index contributed by atoms with van der Waals surface area (Å²) >= 11 is 5.80. The number of aliphatic hydroxyl groups excluding tert-OH is 1. The molecule has 0 aromatic heterocycles. The average molecular weight is 348 g/mol. The second-order valence-electron chi connectivity index (χ2n) is 5.07. The van der Waals surface area contributed by atoms with Crippen LogP contribution in [0.2, 0.25) is 5.02 Å². The summed E-state index contributed by atoms with van der Waals surface area (Å²) in [4.78, 5) is 24.5. The molecular formula is C18H18ClNO4. The first kappa shape index (κ1) is 18.0. The minimum atomic E-state index is -1.22. The van der Waals surface area contributed by atoms with Crippen LogP contribution in [0.4, 0.5) is 0 Å². The van der Waals surface area contributed by atoms with Gasteiger partial charge >= 0.3 is 5.97 Å². The van der Waals surface area contributed by atoms with Crippen LogP contribution < -0.4 is 5.32 Å². The maximum absolute atomic E-state index is 12.3. The minimum Gasteiger partial charge on any atom is -0.464 e. The monoisotopic (exact) mass is 347 g/mol. The molecule has 0 aliphatic carbocycles. The number of carbonyl (C=O) groups is 2. The number of esters is 1. The van der Waals surface area contributed by atoms with E-state index in [0.29, 0.717) is 16.1 Å². The largest absolute Gasteiger partial charge is 0.464 e. The molecule has 0 aliphatic rings. The summed E-state index contributed by atoms with van der Waals surface area (Å²) in [5, 5.41) is 13.5. The quantitative estimate of drug-likeness (QED) is 0.788. The number of halogens is 1. The molecule has 6 heteroatoms. The highest BCUT2D eigenvalue weighted by Gasteiger charge is 2.31. The summed E-state index contributed by atoms with van der Waals surface area (Å²) in [5.74, 6) is -1.20. The van der Waals surface area contributed by atoms with Crippen LogP contribution in [0.1, 0.15) is 28.9 Å². The Labute approximate surface area is 145 Å². The molecule has 126 valence electrons. The Bertz CT molecular complexity index is 688. The molecule has 0 saturated heterocycles. The Morgan fingerprint density at radius 2 is 1.75 bits per heavy atom. The van der Waals surface area contributed by atoms with E-state index in [2.05, 4.69) is 5.32 Å².